The first-order valence-electron chi connectivity index (χ1n) is 9.48. The van der Waals surface area contributed by atoms with Crippen molar-refractivity contribution in [2.24, 2.45) is 4.99 Å². The van der Waals surface area contributed by atoms with Gasteiger partial charge in [-0.15, -0.1) is 0 Å². The summed E-state index contributed by atoms with van der Waals surface area (Å²) in [6, 6.07) is 6.76. The number of nitrogens with one attached hydrogen (secondary N) is 2. The standard InChI is InChI=1S/C19H32FN5O/c1-3-26-16-4-9-22-19(21-2)23-10-11-24-12-14-25(15-13-24)18-7-5-17(20)6-8-18/h5-8H,3-4,9-16H2,1-2H3,(H2,21,22,23). The first kappa shape index (κ1) is 20.5. The van der Waals surface area contributed by atoms with Gasteiger partial charge >= 0.3 is 0 Å². The van der Waals surface area contributed by atoms with E-state index in [2.05, 4.69) is 25.4 Å². The fraction of sp³-hybridized carbons (Fsp3) is 0.632. The number of halogens is 1. The minimum Gasteiger partial charge on any atom is -0.382 e. The highest BCUT2D eigenvalue weighted by Crippen LogP contribution is 2.16. The largest absolute Gasteiger partial charge is 0.382 e. The van der Waals surface area contributed by atoms with Crippen LogP contribution < -0.4 is 15.5 Å². The van der Waals surface area contributed by atoms with Crippen molar-refractivity contribution in [1.82, 2.24) is 15.5 Å². The molecular formula is C19H32FN5O. The van der Waals surface area contributed by atoms with Crippen molar-refractivity contribution in [3.05, 3.63) is 30.1 Å². The molecule has 6 nitrogen and oxygen atoms in total. The van der Waals surface area contributed by atoms with Crippen LogP contribution in [0.2, 0.25) is 0 Å². The van der Waals surface area contributed by atoms with Gasteiger partial charge in [-0.3, -0.25) is 9.89 Å². The molecule has 0 aliphatic carbocycles. The zero-order valence-corrected chi connectivity index (χ0v) is 16.0. The van der Waals surface area contributed by atoms with Crippen LogP contribution in [-0.2, 0) is 4.74 Å². The van der Waals surface area contributed by atoms with Crippen molar-refractivity contribution in [2.75, 3.05) is 71.0 Å². The van der Waals surface area contributed by atoms with Gasteiger partial charge in [-0.25, -0.2) is 4.39 Å². The third-order valence-corrected chi connectivity index (χ3v) is 4.47. The van der Waals surface area contributed by atoms with Gasteiger partial charge in [-0.1, -0.05) is 0 Å². The minimum absolute atomic E-state index is 0.182. The predicted molar refractivity (Wildman–Crippen MR) is 106 cm³/mol. The molecule has 2 N–H and O–H groups in total. The molecule has 1 aliphatic rings. The number of hydrogen-bond acceptors (Lipinski definition) is 4. The third kappa shape index (κ3) is 7.17. The number of benzene rings is 1. The highest BCUT2D eigenvalue weighted by atomic mass is 19.1. The summed E-state index contributed by atoms with van der Waals surface area (Å²) in [6.45, 7) is 10.2. The van der Waals surface area contributed by atoms with Crippen molar-refractivity contribution >= 4 is 11.6 Å². The highest BCUT2D eigenvalue weighted by Gasteiger charge is 2.16. The Morgan fingerprint density at radius 3 is 2.46 bits per heavy atom. The van der Waals surface area contributed by atoms with E-state index in [0.29, 0.717) is 0 Å². The molecule has 1 aliphatic heterocycles. The van der Waals surface area contributed by atoms with Gasteiger partial charge in [0, 0.05) is 71.8 Å². The monoisotopic (exact) mass is 365 g/mol. The molecule has 0 aromatic heterocycles. The summed E-state index contributed by atoms with van der Waals surface area (Å²) in [6.07, 6.45) is 0.972. The number of ether oxygens (including phenoxy) is 1. The van der Waals surface area contributed by atoms with Crippen molar-refractivity contribution in [1.29, 1.82) is 0 Å². The number of guanidine groups is 1. The zero-order valence-electron chi connectivity index (χ0n) is 16.0. The van der Waals surface area contributed by atoms with Crippen LogP contribution in [0.1, 0.15) is 13.3 Å². The van der Waals surface area contributed by atoms with E-state index in [0.717, 1.165) is 77.1 Å². The molecule has 0 spiro atoms. The van der Waals surface area contributed by atoms with Gasteiger partial charge < -0.3 is 20.3 Å². The quantitative estimate of drug-likeness (QED) is 0.395. The summed E-state index contributed by atoms with van der Waals surface area (Å²) >= 11 is 0. The van der Waals surface area contributed by atoms with E-state index in [1.165, 1.54) is 12.1 Å². The SMILES string of the molecule is CCOCCCNC(=NC)NCCN1CCN(c2ccc(F)cc2)CC1. The first-order chi connectivity index (χ1) is 12.7. The van der Waals surface area contributed by atoms with E-state index in [-0.39, 0.29) is 5.82 Å². The molecule has 0 unspecified atom stereocenters. The molecule has 0 saturated carbocycles. The second kappa shape index (κ2) is 11.7. The molecule has 146 valence electrons. The van der Waals surface area contributed by atoms with Gasteiger partial charge in [0.2, 0.25) is 0 Å². The Morgan fingerprint density at radius 2 is 1.81 bits per heavy atom. The lowest BCUT2D eigenvalue weighted by Crippen LogP contribution is -2.49. The number of anilines is 1. The number of hydrogen-bond donors (Lipinski definition) is 2. The van der Waals surface area contributed by atoms with Crippen molar-refractivity contribution in [2.45, 2.75) is 13.3 Å². The molecule has 7 heteroatoms. The van der Waals surface area contributed by atoms with E-state index in [4.69, 9.17) is 4.74 Å². The number of rotatable bonds is 9. The molecule has 0 atom stereocenters. The third-order valence-electron chi connectivity index (χ3n) is 4.47. The predicted octanol–water partition coefficient (Wildman–Crippen LogP) is 1.54. The van der Waals surface area contributed by atoms with Gasteiger partial charge in [0.15, 0.2) is 5.96 Å². The Bertz CT molecular complexity index is 529. The van der Waals surface area contributed by atoms with Crippen LogP contribution in [0.3, 0.4) is 0 Å². The normalized spacial score (nSPS) is 16.0. The molecule has 1 fully saturated rings. The molecular weight excluding hydrogens is 333 g/mol. The molecule has 1 aromatic rings. The molecule has 26 heavy (non-hydrogen) atoms. The van der Waals surface area contributed by atoms with Crippen molar-refractivity contribution in [3.63, 3.8) is 0 Å². The van der Waals surface area contributed by atoms with Gasteiger partial charge in [0.05, 0.1) is 0 Å². The first-order valence-corrected chi connectivity index (χ1v) is 9.48. The Balaban J connectivity index is 1.59. The fourth-order valence-electron chi connectivity index (χ4n) is 2.96. The Kier molecular flexibility index (Phi) is 9.20. The van der Waals surface area contributed by atoms with Gasteiger partial charge in [-0.05, 0) is 37.6 Å². The number of nitrogens with zero attached hydrogens (tertiary/aromatic N) is 3. The maximum absolute atomic E-state index is 13.0. The lowest BCUT2D eigenvalue weighted by molar-refractivity contribution is 0.145. The van der Waals surface area contributed by atoms with Gasteiger partial charge in [0.1, 0.15) is 5.82 Å². The molecule has 1 aromatic carbocycles. The molecule has 1 heterocycles. The van der Waals surface area contributed by atoms with Crippen LogP contribution in [0.4, 0.5) is 10.1 Å². The van der Waals surface area contributed by atoms with E-state index >= 15 is 0 Å². The maximum atomic E-state index is 13.0. The Labute approximate surface area is 156 Å². The van der Waals surface area contributed by atoms with E-state index in [9.17, 15) is 4.39 Å². The summed E-state index contributed by atoms with van der Waals surface area (Å²) in [5, 5.41) is 6.66. The average molecular weight is 365 g/mol. The summed E-state index contributed by atoms with van der Waals surface area (Å²) in [5.41, 5.74) is 1.10. The minimum atomic E-state index is -0.182. The molecule has 0 radical (unpaired) electrons. The summed E-state index contributed by atoms with van der Waals surface area (Å²) in [5.74, 6) is 0.657. The van der Waals surface area contributed by atoms with Crippen LogP contribution in [0.5, 0.6) is 0 Å². The van der Waals surface area contributed by atoms with Crippen LogP contribution in [-0.4, -0.2) is 76.9 Å². The number of piperazine rings is 1. The van der Waals surface area contributed by atoms with E-state index in [1.807, 2.05) is 19.1 Å². The molecule has 2 rings (SSSR count). The average Bonchev–Trinajstić information content (AvgIpc) is 2.67. The smallest absolute Gasteiger partial charge is 0.191 e. The maximum Gasteiger partial charge on any atom is 0.191 e. The Morgan fingerprint density at radius 1 is 1.12 bits per heavy atom. The van der Waals surface area contributed by atoms with E-state index in [1.54, 1.807) is 7.05 Å². The van der Waals surface area contributed by atoms with Gasteiger partial charge in [-0.2, -0.15) is 0 Å². The second-order valence-electron chi connectivity index (χ2n) is 6.28. The zero-order chi connectivity index (χ0) is 18.6. The lowest BCUT2D eigenvalue weighted by atomic mass is 10.2. The summed E-state index contributed by atoms with van der Waals surface area (Å²) in [7, 11) is 1.79. The fourth-order valence-corrected chi connectivity index (χ4v) is 2.96. The Hall–Kier alpha value is -1.86. The molecule has 0 amide bonds. The lowest BCUT2D eigenvalue weighted by Gasteiger charge is -2.36. The highest BCUT2D eigenvalue weighted by molar-refractivity contribution is 5.79. The second-order valence-corrected chi connectivity index (χ2v) is 6.28. The van der Waals surface area contributed by atoms with Crippen molar-refractivity contribution < 1.29 is 9.13 Å². The summed E-state index contributed by atoms with van der Waals surface area (Å²) in [4.78, 5) is 8.99. The number of aliphatic imine (C=N–C) groups is 1. The van der Waals surface area contributed by atoms with Gasteiger partial charge in [0.25, 0.3) is 0 Å². The topological polar surface area (TPSA) is 52.1 Å². The van der Waals surface area contributed by atoms with E-state index < -0.39 is 0 Å². The van der Waals surface area contributed by atoms with Crippen LogP contribution in [0.25, 0.3) is 0 Å². The van der Waals surface area contributed by atoms with Crippen molar-refractivity contribution in [3.8, 4) is 0 Å². The summed E-state index contributed by atoms with van der Waals surface area (Å²) < 4.78 is 18.4. The van der Waals surface area contributed by atoms with Crippen LogP contribution in [0, 0.1) is 5.82 Å². The molecule has 1 saturated heterocycles. The van der Waals surface area contributed by atoms with Crippen LogP contribution in [0.15, 0.2) is 29.3 Å². The molecule has 0 bridgehead atoms. The van der Waals surface area contributed by atoms with Crippen LogP contribution >= 0.6 is 0 Å².